The summed E-state index contributed by atoms with van der Waals surface area (Å²) in [6.07, 6.45) is -0.581. The van der Waals surface area contributed by atoms with Crippen molar-refractivity contribution in [3.05, 3.63) is 29.6 Å². The van der Waals surface area contributed by atoms with E-state index < -0.39 is 6.10 Å². The molecule has 1 aromatic carbocycles. The maximum Gasteiger partial charge on any atom is 0.126 e. The number of aliphatic hydroxyl groups is 1. The topological polar surface area (TPSA) is 32.3 Å². The summed E-state index contributed by atoms with van der Waals surface area (Å²) in [7, 11) is 0. The number of aryl methyl sites for hydroxylation is 1. The Bertz CT molecular complexity index is 306. The lowest BCUT2D eigenvalue weighted by atomic mass is 10.2. The molecule has 78 valence electrons. The van der Waals surface area contributed by atoms with Crippen molar-refractivity contribution in [1.29, 1.82) is 0 Å². The smallest absolute Gasteiger partial charge is 0.126 e. The molecule has 0 aliphatic heterocycles. The summed E-state index contributed by atoms with van der Waals surface area (Å²) in [5, 5.41) is 12.1. The molecule has 1 atom stereocenters. The van der Waals surface area contributed by atoms with E-state index in [0.717, 1.165) is 5.69 Å². The third-order valence-corrected chi connectivity index (χ3v) is 2.23. The van der Waals surface area contributed by atoms with Crippen LogP contribution < -0.4 is 5.32 Å². The Labute approximate surface area is 87.7 Å². The predicted molar refractivity (Wildman–Crippen MR) is 56.4 cm³/mol. The van der Waals surface area contributed by atoms with E-state index in [-0.39, 0.29) is 11.7 Å². The van der Waals surface area contributed by atoms with Gasteiger partial charge in [0.25, 0.3) is 0 Å². The Morgan fingerprint density at radius 1 is 1.57 bits per heavy atom. The molecule has 0 radical (unpaired) electrons. The lowest BCUT2D eigenvalue weighted by Gasteiger charge is -2.10. The molecule has 0 saturated heterocycles. The second kappa shape index (κ2) is 5.17. The Morgan fingerprint density at radius 3 is 2.86 bits per heavy atom. The predicted octanol–water partition coefficient (Wildman–Crippen LogP) is 2.15. The largest absolute Gasteiger partial charge is 0.390 e. The standard InChI is InChI=1S/C10H13ClFNO/c1-7-4-8(2-3-10(7)12)13-6-9(14)5-11/h2-4,9,13-14H,5-6H2,1H3. The van der Waals surface area contributed by atoms with Crippen LogP contribution in [-0.4, -0.2) is 23.6 Å². The number of halogens is 2. The highest BCUT2D eigenvalue weighted by Crippen LogP contribution is 2.13. The van der Waals surface area contributed by atoms with Crippen LogP contribution in [0.4, 0.5) is 10.1 Å². The van der Waals surface area contributed by atoms with Gasteiger partial charge in [-0.15, -0.1) is 11.6 Å². The molecular weight excluding hydrogens is 205 g/mol. The van der Waals surface area contributed by atoms with Crippen molar-refractivity contribution in [3.63, 3.8) is 0 Å². The van der Waals surface area contributed by atoms with Crippen LogP contribution in [0.1, 0.15) is 5.56 Å². The van der Waals surface area contributed by atoms with E-state index in [9.17, 15) is 9.50 Å². The fourth-order valence-corrected chi connectivity index (χ4v) is 1.15. The van der Waals surface area contributed by atoms with Gasteiger partial charge in [0.15, 0.2) is 0 Å². The van der Waals surface area contributed by atoms with Crippen LogP contribution in [-0.2, 0) is 0 Å². The third kappa shape index (κ3) is 3.16. The minimum Gasteiger partial charge on any atom is -0.390 e. The fraction of sp³-hybridized carbons (Fsp3) is 0.400. The molecule has 1 unspecified atom stereocenters. The van der Waals surface area contributed by atoms with E-state index in [2.05, 4.69) is 5.32 Å². The fourth-order valence-electron chi connectivity index (χ4n) is 1.04. The average Bonchev–Trinajstić information content (AvgIpc) is 2.19. The van der Waals surface area contributed by atoms with E-state index in [1.807, 2.05) is 0 Å². The molecule has 4 heteroatoms. The summed E-state index contributed by atoms with van der Waals surface area (Å²) in [6, 6.07) is 4.71. The molecular formula is C10H13ClFNO. The molecule has 0 aromatic heterocycles. The second-order valence-electron chi connectivity index (χ2n) is 3.15. The van der Waals surface area contributed by atoms with Gasteiger partial charge in [0.2, 0.25) is 0 Å². The lowest BCUT2D eigenvalue weighted by molar-refractivity contribution is 0.211. The van der Waals surface area contributed by atoms with Gasteiger partial charge in [-0.1, -0.05) is 0 Å². The van der Waals surface area contributed by atoms with Crippen molar-refractivity contribution in [2.45, 2.75) is 13.0 Å². The summed E-state index contributed by atoms with van der Waals surface area (Å²) in [5.41, 5.74) is 1.36. The second-order valence-corrected chi connectivity index (χ2v) is 3.46. The molecule has 0 bridgehead atoms. The van der Waals surface area contributed by atoms with E-state index in [0.29, 0.717) is 12.1 Å². The van der Waals surface area contributed by atoms with E-state index in [1.165, 1.54) is 6.07 Å². The van der Waals surface area contributed by atoms with E-state index in [4.69, 9.17) is 11.6 Å². The molecule has 0 heterocycles. The number of rotatable bonds is 4. The van der Waals surface area contributed by atoms with Crippen LogP contribution in [0.5, 0.6) is 0 Å². The van der Waals surface area contributed by atoms with Gasteiger partial charge in [-0.2, -0.15) is 0 Å². The Balaban J connectivity index is 2.55. The van der Waals surface area contributed by atoms with Gasteiger partial charge in [-0.3, -0.25) is 0 Å². The van der Waals surface area contributed by atoms with Crippen molar-refractivity contribution in [2.75, 3.05) is 17.7 Å². The SMILES string of the molecule is Cc1cc(NCC(O)CCl)ccc1F. The van der Waals surface area contributed by atoms with Crippen LogP contribution in [0, 0.1) is 12.7 Å². The maximum atomic E-state index is 12.9. The number of hydrogen-bond acceptors (Lipinski definition) is 2. The first-order valence-corrected chi connectivity index (χ1v) is 4.91. The van der Waals surface area contributed by atoms with Crippen LogP contribution in [0.25, 0.3) is 0 Å². The van der Waals surface area contributed by atoms with Crippen molar-refractivity contribution in [3.8, 4) is 0 Å². The number of anilines is 1. The van der Waals surface area contributed by atoms with Crippen LogP contribution in [0.15, 0.2) is 18.2 Å². The summed E-state index contributed by atoms with van der Waals surface area (Å²) in [4.78, 5) is 0. The molecule has 0 fully saturated rings. The molecule has 14 heavy (non-hydrogen) atoms. The van der Waals surface area contributed by atoms with Gasteiger partial charge in [0, 0.05) is 12.2 Å². The average molecular weight is 218 g/mol. The Kier molecular flexibility index (Phi) is 4.17. The van der Waals surface area contributed by atoms with Crippen LogP contribution in [0.3, 0.4) is 0 Å². The normalized spacial score (nSPS) is 12.6. The van der Waals surface area contributed by atoms with Gasteiger partial charge in [-0.05, 0) is 30.7 Å². The van der Waals surface area contributed by atoms with Gasteiger partial charge in [-0.25, -0.2) is 4.39 Å². The first kappa shape index (κ1) is 11.3. The zero-order chi connectivity index (χ0) is 10.6. The number of aliphatic hydroxyl groups excluding tert-OH is 1. The van der Waals surface area contributed by atoms with E-state index >= 15 is 0 Å². The molecule has 0 amide bonds. The summed E-state index contributed by atoms with van der Waals surface area (Å²) < 4.78 is 12.9. The number of nitrogens with one attached hydrogen (secondary N) is 1. The number of benzene rings is 1. The van der Waals surface area contributed by atoms with Crippen molar-refractivity contribution < 1.29 is 9.50 Å². The van der Waals surface area contributed by atoms with Crippen molar-refractivity contribution >= 4 is 17.3 Å². The Hall–Kier alpha value is -0.800. The first-order chi connectivity index (χ1) is 6.63. The zero-order valence-corrected chi connectivity index (χ0v) is 8.68. The van der Waals surface area contributed by atoms with Crippen LogP contribution in [0.2, 0.25) is 0 Å². The highest BCUT2D eigenvalue weighted by atomic mass is 35.5. The van der Waals surface area contributed by atoms with Gasteiger partial charge >= 0.3 is 0 Å². The Morgan fingerprint density at radius 2 is 2.29 bits per heavy atom. The molecule has 0 aliphatic carbocycles. The summed E-state index contributed by atoms with van der Waals surface area (Å²) in [6.45, 7) is 2.06. The van der Waals surface area contributed by atoms with E-state index in [1.54, 1.807) is 19.1 Å². The first-order valence-electron chi connectivity index (χ1n) is 4.37. The summed E-state index contributed by atoms with van der Waals surface area (Å²) >= 11 is 5.42. The maximum absolute atomic E-state index is 12.9. The molecule has 2 nitrogen and oxygen atoms in total. The van der Waals surface area contributed by atoms with Gasteiger partial charge in [0.05, 0.1) is 12.0 Å². The molecule has 0 aliphatic rings. The molecule has 1 rings (SSSR count). The minimum atomic E-state index is -0.581. The molecule has 0 spiro atoms. The number of alkyl halides is 1. The summed E-state index contributed by atoms with van der Waals surface area (Å²) in [5.74, 6) is -0.0406. The molecule has 2 N–H and O–H groups in total. The monoisotopic (exact) mass is 217 g/mol. The minimum absolute atomic E-state index is 0.188. The molecule has 1 aromatic rings. The quantitative estimate of drug-likeness (QED) is 0.758. The zero-order valence-electron chi connectivity index (χ0n) is 7.93. The third-order valence-electron chi connectivity index (χ3n) is 1.88. The highest BCUT2D eigenvalue weighted by Gasteiger charge is 2.02. The lowest BCUT2D eigenvalue weighted by Crippen LogP contribution is -2.20. The van der Waals surface area contributed by atoms with Crippen LogP contribution >= 0.6 is 11.6 Å². The number of hydrogen-bond donors (Lipinski definition) is 2. The van der Waals surface area contributed by atoms with Gasteiger partial charge < -0.3 is 10.4 Å². The van der Waals surface area contributed by atoms with Crippen molar-refractivity contribution in [2.24, 2.45) is 0 Å². The van der Waals surface area contributed by atoms with Crippen molar-refractivity contribution in [1.82, 2.24) is 0 Å². The molecule has 0 saturated carbocycles. The van der Waals surface area contributed by atoms with Gasteiger partial charge in [0.1, 0.15) is 5.82 Å². The highest BCUT2D eigenvalue weighted by molar-refractivity contribution is 6.18.